The minimum absolute atomic E-state index is 0.116. The molecule has 0 bridgehead atoms. The molecular weight excluding hydrogens is 332 g/mol. The number of hydrogen-bond donors (Lipinski definition) is 2. The lowest BCUT2D eigenvalue weighted by Crippen LogP contribution is -2.22. The number of benzene rings is 2. The highest BCUT2D eigenvalue weighted by Gasteiger charge is 2.14. The molecule has 0 saturated heterocycles. The Balaban J connectivity index is 2.08. The van der Waals surface area contributed by atoms with Crippen LogP contribution in [0.15, 0.2) is 36.4 Å². The summed E-state index contributed by atoms with van der Waals surface area (Å²) in [6.07, 6.45) is 0. The monoisotopic (exact) mass is 358 g/mol. The highest BCUT2D eigenvalue weighted by molar-refractivity contribution is 5.94. The van der Waals surface area contributed by atoms with Crippen molar-refractivity contribution >= 4 is 17.3 Å². The van der Waals surface area contributed by atoms with Crippen LogP contribution in [0.25, 0.3) is 0 Å². The van der Waals surface area contributed by atoms with Gasteiger partial charge in [-0.3, -0.25) is 4.79 Å². The quantitative estimate of drug-likeness (QED) is 0.749. The van der Waals surface area contributed by atoms with Crippen LogP contribution in [0.4, 0.5) is 11.4 Å². The summed E-state index contributed by atoms with van der Waals surface area (Å²) in [4.78, 5) is 12.3. The van der Waals surface area contributed by atoms with Crippen LogP contribution in [0.5, 0.6) is 17.2 Å². The summed E-state index contributed by atoms with van der Waals surface area (Å²) in [5.41, 5.74) is 2.64. The van der Waals surface area contributed by atoms with E-state index in [-0.39, 0.29) is 12.5 Å². The van der Waals surface area contributed by atoms with Gasteiger partial charge in [0.1, 0.15) is 0 Å². The van der Waals surface area contributed by atoms with Crippen molar-refractivity contribution in [1.82, 2.24) is 0 Å². The molecule has 0 aliphatic heterocycles. The largest absolute Gasteiger partial charge is 0.493 e. The number of rotatable bonds is 8. The average molecular weight is 358 g/mol. The van der Waals surface area contributed by atoms with Gasteiger partial charge in [-0.25, -0.2) is 0 Å². The van der Waals surface area contributed by atoms with Crippen molar-refractivity contribution in [3.05, 3.63) is 42.0 Å². The molecule has 0 aromatic heterocycles. The van der Waals surface area contributed by atoms with Crippen molar-refractivity contribution in [2.75, 3.05) is 38.5 Å². The first-order chi connectivity index (χ1) is 12.5. The van der Waals surface area contributed by atoms with E-state index in [4.69, 9.17) is 14.2 Å². The fourth-order valence-electron chi connectivity index (χ4n) is 2.67. The summed E-state index contributed by atoms with van der Waals surface area (Å²) >= 11 is 0. The normalized spacial score (nSPS) is 10.4. The van der Waals surface area contributed by atoms with Crippen LogP contribution in [0.2, 0.25) is 0 Å². The Morgan fingerprint density at radius 2 is 1.62 bits per heavy atom. The maximum atomic E-state index is 12.3. The van der Waals surface area contributed by atoms with E-state index in [0.717, 1.165) is 11.3 Å². The molecule has 0 spiro atoms. The van der Waals surface area contributed by atoms with Crippen molar-refractivity contribution in [3.63, 3.8) is 0 Å². The first-order valence-corrected chi connectivity index (χ1v) is 8.42. The topological polar surface area (TPSA) is 68.8 Å². The number of ether oxygens (including phenoxy) is 3. The van der Waals surface area contributed by atoms with Crippen molar-refractivity contribution in [1.29, 1.82) is 0 Å². The van der Waals surface area contributed by atoms with Gasteiger partial charge in [-0.1, -0.05) is 32.0 Å². The van der Waals surface area contributed by atoms with Gasteiger partial charge in [-0.15, -0.1) is 0 Å². The second-order valence-corrected chi connectivity index (χ2v) is 6.06. The molecule has 6 heteroatoms. The van der Waals surface area contributed by atoms with Crippen LogP contribution in [0, 0.1) is 0 Å². The summed E-state index contributed by atoms with van der Waals surface area (Å²) in [6, 6.07) is 11.3. The minimum Gasteiger partial charge on any atom is -0.493 e. The molecule has 6 nitrogen and oxygen atoms in total. The molecule has 1 amide bonds. The molecule has 0 radical (unpaired) electrons. The zero-order valence-electron chi connectivity index (χ0n) is 15.9. The van der Waals surface area contributed by atoms with Gasteiger partial charge in [0.15, 0.2) is 11.5 Å². The third-order valence-corrected chi connectivity index (χ3v) is 3.97. The molecule has 2 aromatic carbocycles. The van der Waals surface area contributed by atoms with Crippen molar-refractivity contribution in [3.8, 4) is 17.2 Å². The summed E-state index contributed by atoms with van der Waals surface area (Å²) in [7, 11) is 4.65. The minimum atomic E-state index is -0.133. The van der Waals surface area contributed by atoms with Crippen LogP contribution in [0.1, 0.15) is 25.3 Å². The van der Waals surface area contributed by atoms with Gasteiger partial charge in [0.2, 0.25) is 11.7 Å². The fraction of sp³-hybridized carbons (Fsp3) is 0.350. The number of amides is 1. The zero-order chi connectivity index (χ0) is 19.1. The Hall–Kier alpha value is -2.89. The SMILES string of the molecule is COc1cc(NCC(=O)Nc2ccccc2C(C)C)cc(OC)c1OC. The molecule has 0 atom stereocenters. The summed E-state index contributed by atoms with van der Waals surface area (Å²) in [5, 5.41) is 6.04. The number of carbonyl (C=O) groups excluding carboxylic acids is 1. The number of hydrogen-bond acceptors (Lipinski definition) is 5. The predicted octanol–water partition coefficient (Wildman–Crippen LogP) is 3.89. The molecule has 2 N–H and O–H groups in total. The van der Waals surface area contributed by atoms with E-state index in [1.165, 1.54) is 0 Å². The summed E-state index contributed by atoms with van der Waals surface area (Å²) in [6.45, 7) is 4.31. The van der Waals surface area contributed by atoms with Gasteiger partial charge in [-0.2, -0.15) is 0 Å². The molecule has 26 heavy (non-hydrogen) atoms. The van der Waals surface area contributed by atoms with E-state index in [9.17, 15) is 4.79 Å². The smallest absolute Gasteiger partial charge is 0.243 e. The van der Waals surface area contributed by atoms with Crippen LogP contribution >= 0.6 is 0 Å². The fourth-order valence-corrected chi connectivity index (χ4v) is 2.67. The van der Waals surface area contributed by atoms with Crippen LogP contribution < -0.4 is 24.8 Å². The van der Waals surface area contributed by atoms with Crippen LogP contribution in [0.3, 0.4) is 0 Å². The third kappa shape index (κ3) is 4.59. The van der Waals surface area contributed by atoms with Gasteiger partial charge in [0, 0.05) is 23.5 Å². The van der Waals surface area contributed by atoms with Crippen molar-refractivity contribution in [2.24, 2.45) is 0 Å². The molecule has 140 valence electrons. The molecule has 2 aromatic rings. The molecule has 2 rings (SSSR count). The van der Waals surface area contributed by atoms with Gasteiger partial charge in [0.25, 0.3) is 0 Å². The van der Waals surface area contributed by atoms with Gasteiger partial charge in [-0.05, 0) is 17.5 Å². The molecule has 0 heterocycles. The lowest BCUT2D eigenvalue weighted by Gasteiger charge is -2.16. The van der Waals surface area contributed by atoms with E-state index in [1.54, 1.807) is 33.5 Å². The van der Waals surface area contributed by atoms with E-state index in [2.05, 4.69) is 24.5 Å². The molecule has 0 unspecified atom stereocenters. The Bertz CT molecular complexity index is 734. The average Bonchev–Trinajstić information content (AvgIpc) is 2.65. The first kappa shape index (κ1) is 19.4. The van der Waals surface area contributed by atoms with Crippen LogP contribution in [-0.4, -0.2) is 33.8 Å². The molecule has 0 saturated carbocycles. The Morgan fingerprint density at radius 3 is 2.15 bits per heavy atom. The number of methoxy groups -OCH3 is 3. The Kier molecular flexibility index (Phi) is 6.72. The Morgan fingerprint density at radius 1 is 1.00 bits per heavy atom. The molecule has 0 aliphatic carbocycles. The number of carbonyl (C=O) groups is 1. The number of anilines is 2. The third-order valence-electron chi connectivity index (χ3n) is 3.97. The van der Waals surface area contributed by atoms with Gasteiger partial charge < -0.3 is 24.8 Å². The molecule has 0 fully saturated rings. The standard InChI is InChI=1S/C20H26N2O4/c1-13(2)15-8-6-7-9-16(15)22-19(23)12-21-14-10-17(24-3)20(26-5)18(11-14)25-4/h6-11,13,21H,12H2,1-5H3,(H,22,23). The lowest BCUT2D eigenvalue weighted by molar-refractivity contribution is -0.114. The summed E-state index contributed by atoms with van der Waals surface area (Å²) < 4.78 is 15.9. The lowest BCUT2D eigenvalue weighted by atomic mass is 10.0. The Labute approximate surface area is 154 Å². The van der Waals surface area contributed by atoms with Gasteiger partial charge in [0.05, 0.1) is 27.9 Å². The first-order valence-electron chi connectivity index (χ1n) is 8.42. The van der Waals surface area contributed by atoms with Crippen molar-refractivity contribution < 1.29 is 19.0 Å². The van der Waals surface area contributed by atoms with E-state index in [0.29, 0.717) is 28.9 Å². The second kappa shape index (κ2) is 8.99. The maximum absolute atomic E-state index is 12.3. The number of para-hydroxylation sites is 1. The second-order valence-electron chi connectivity index (χ2n) is 6.06. The highest BCUT2D eigenvalue weighted by Crippen LogP contribution is 2.39. The van der Waals surface area contributed by atoms with E-state index >= 15 is 0 Å². The van der Waals surface area contributed by atoms with E-state index < -0.39 is 0 Å². The highest BCUT2D eigenvalue weighted by atomic mass is 16.5. The summed E-state index contributed by atoms with van der Waals surface area (Å²) in [5.74, 6) is 1.76. The van der Waals surface area contributed by atoms with E-state index in [1.807, 2.05) is 24.3 Å². The van der Waals surface area contributed by atoms with Crippen molar-refractivity contribution in [2.45, 2.75) is 19.8 Å². The van der Waals surface area contributed by atoms with Gasteiger partial charge >= 0.3 is 0 Å². The maximum Gasteiger partial charge on any atom is 0.243 e. The number of nitrogens with one attached hydrogen (secondary N) is 2. The van der Waals surface area contributed by atoms with Crippen LogP contribution in [-0.2, 0) is 4.79 Å². The zero-order valence-corrected chi connectivity index (χ0v) is 15.9. The predicted molar refractivity (Wildman–Crippen MR) is 104 cm³/mol. The molecular formula is C20H26N2O4. The molecule has 0 aliphatic rings.